The zero-order valence-corrected chi connectivity index (χ0v) is 17.2. The summed E-state index contributed by atoms with van der Waals surface area (Å²) in [6, 6.07) is 6.40. The number of halogens is 1. The van der Waals surface area contributed by atoms with Crippen molar-refractivity contribution in [1.82, 2.24) is 14.7 Å². The maximum absolute atomic E-state index is 12.2. The third kappa shape index (κ3) is 5.38. The molecule has 0 aliphatic heterocycles. The lowest BCUT2D eigenvalue weighted by Gasteiger charge is -2.16. The van der Waals surface area contributed by atoms with Crippen LogP contribution in [0.4, 0.5) is 17.5 Å². The SMILES string of the molecule is CC[C@H](CO)Nc1nc(Nc2ccc(S(=O)(=O)NC3CC3)cc2)ncc1Br. The van der Waals surface area contributed by atoms with E-state index in [1.54, 1.807) is 30.5 Å². The minimum Gasteiger partial charge on any atom is -0.394 e. The fraction of sp³-hybridized carbons (Fsp3) is 0.412. The molecule has 0 unspecified atom stereocenters. The van der Waals surface area contributed by atoms with Gasteiger partial charge in [-0.1, -0.05) is 6.92 Å². The van der Waals surface area contributed by atoms with E-state index in [2.05, 4.69) is 41.3 Å². The molecule has 0 saturated heterocycles. The van der Waals surface area contributed by atoms with E-state index in [0.29, 0.717) is 21.9 Å². The first-order valence-electron chi connectivity index (χ1n) is 8.70. The molecule has 1 heterocycles. The Morgan fingerprint density at radius 3 is 2.59 bits per heavy atom. The average molecular weight is 456 g/mol. The Hall–Kier alpha value is -1.75. The number of rotatable bonds is 9. The Balaban J connectivity index is 1.71. The molecular formula is C17H22BrN5O3S. The van der Waals surface area contributed by atoms with E-state index in [9.17, 15) is 13.5 Å². The lowest BCUT2D eigenvalue weighted by Crippen LogP contribution is -2.25. The average Bonchev–Trinajstić information content (AvgIpc) is 3.46. The minimum absolute atomic E-state index is 0.000529. The first-order chi connectivity index (χ1) is 12.9. The number of aromatic nitrogens is 2. The zero-order chi connectivity index (χ0) is 19.4. The van der Waals surface area contributed by atoms with Crippen molar-refractivity contribution >= 4 is 43.4 Å². The van der Waals surface area contributed by atoms with Gasteiger partial charge in [0.2, 0.25) is 16.0 Å². The lowest BCUT2D eigenvalue weighted by atomic mass is 10.2. The van der Waals surface area contributed by atoms with Gasteiger partial charge in [0.1, 0.15) is 5.82 Å². The summed E-state index contributed by atoms with van der Waals surface area (Å²) in [6.45, 7) is 1.97. The second-order valence-electron chi connectivity index (χ2n) is 6.37. The first-order valence-corrected chi connectivity index (χ1v) is 11.0. The van der Waals surface area contributed by atoms with Crippen LogP contribution >= 0.6 is 15.9 Å². The standard InChI is InChI=1S/C17H22BrN5O3S/c1-2-11(10-24)20-16-15(18)9-19-17(22-16)21-12-5-7-14(8-6-12)27(25,26)23-13-3-4-13/h5-9,11,13,23-24H,2-4,10H2,1H3,(H2,19,20,21,22)/t11-/m1/s1. The van der Waals surface area contributed by atoms with Crippen molar-refractivity contribution in [2.75, 3.05) is 17.2 Å². The van der Waals surface area contributed by atoms with Gasteiger partial charge in [-0.2, -0.15) is 4.98 Å². The van der Waals surface area contributed by atoms with Crippen LogP contribution in [0.15, 0.2) is 39.8 Å². The van der Waals surface area contributed by atoms with Gasteiger partial charge in [-0.3, -0.25) is 0 Å². The van der Waals surface area contributed by atoms with E-state index in [-0.39, 0.29) is 23.6 Å². The van der Waals surface area contributed by atoms with Gasteiger partial charge in [0.25, 0.3) is 0 Å². The summed E-state index contributed by atoms with van der Waals surface area (Å²) in [5.41, 5.74) is 0.669. The first kappa shape index (κ1) is 20.0. The van der Waals surface area contributed by atoms with Gasteiger partial charge in [-0.25, -0.2) is 18.1 Å². The molecule has 3 rings (SSSR count). The number of hydrogen-bond donors (Lipinski definition) is 4. The highest BCUT2D eigenvalue weighted by Crippen LogP contribution is 2.25. The summed E-state index contributed by atoms with van der Waals surface area (Å²) in [4.78, 5) is 8.84. The van der Waals surface area contributed by atoms with Crippen molar-refractivity contribution in [2.24, 2.45) is 0 Å². The second kappa shape index (κ2) is 8.51. The molecule has 8 nitrogen and oxygen atoms in total. The summed E-state index contributed by atoms with van der Waals surface area (Å²) < 4.78 is 27.7. The van der Waals surface area contributed by atoms with Gasteiger partial charge in [-0.15, -0.1) is 0 Å². The van der Waals surface area contributed by atoms with Crippen LogP contribution in [-0.2, 0) is 10.0 Å². The maximum Gasteiger partial charge on any atom is 0.240 e. The van der Waals surface area contributed by atoms with Crippen LogP contribution < -0.4 is 15.4 Å². The summed E-state index contributed by atoms with van der Waals surface area (Å²) in [7, 11) is -3.47. The van der Waals surface area contributed by atoms with Gasteiger partial charge in [0.15, 0.2) is 0 Å². The molecule has 1 aliphatic carbocycles. The molecule has 0 amide bonds. The largest absolute Gasteiger partial charge is 0.394 e. The molecule has 0 spiro atoms. The number of anilines is 3. The van der Waals surface area contributed by atoms with E-state index in [4.69, 9.17) is 0 Å². The number of aliphatic hydroxyl groups is 1. The number of sulfonamides is 1. The van der Waals surface area contributed by atoms with Crippen molar-refractivity contribution in [3.05, 3.63) is 34.9 Å². The number of hydrogen-bond acceptors (Lipinski definition) is 7. The molecule has 146 valence electrons. The normalized spacial score (nSPS) is 15.4. The van der Waals surface area contributed by atoms with Crippen molar-refractivity contribution in [3.8, 4) is 0 Å². The predicted molar refractivity (Wildman–Crippen MR) is 108 cm³/mol. The molecule has 0 bridgehead atoms. The Kier molecular flexibility index (Phi) is 6.30. The number of nitrogens with one attached hydrogen (secondary N) is 3. The molecule has 1 atom stereocenters. The predicted octanol–water partition coefficient (Wildman–Crippen LogP) is 2.61. The van der Waals surface area contributed by atoms with Crippen LogP contribution in [0, 0.1) is 0 Å². The number of nitrogens with zero attached hydrogens (tertiary/aromatic N) is 2. The third-order valence-electron chi connectivity index (χ3n) is 4.12. The van der Waals surface area contributed by atoms with Gasteiger partial charge in [-0.05, 0) is 59.5 Å². The molecular weight excluding hydrogens is 434 g/mol. The molecule has 1 aliphatic rings. The topological polar surface area (TPSA) is 116 Å². The minimum atomic E-state index is -3.47. The van der Waals surface area contributed by atoms with Gasteiger partial charge < -0.3 is 15.7 Å². The summed E-state index contributed by atoms with van der Waals surface area (Å²) >= 11 is 3.39. The van der Waals surface area contributed by atoms with E-state index in [0.717, 1.165) is 19.3 Å². The van der Waals surface area contributed by atoms with Crippen molar-refractivity contribution < 1.29 is 13.5 Å². The van der Waals surface area contributed by atoms with Crippen molar-refractivity contribution in [2.45, 2.75) is 43.2 Å². The third-order valence-corrected chi connectivity index (χ3v) is 6.23. The Morgan fingerprint density at radius 2 is 2.00 bits per heavy atom. The van der Waals surface area contributed by atoms with E-state index < -0.39 is 10.0 Å². The van der Waals surface area contributed by atoms with Crippen molar-refractivity contribution in [3.63, 3.8) is 0 Å². The van der Waals surface area contributed by atoms with Gasteiger partial charge in [0.05, 0.1) is 22.0 Å². The number of benzene rings is 1. The van der Waals surface area contributed by atoms with Crippen LogP contribution in [0.2, 0.25) is 0 Å². The second-order valence-corrected chi connectivity index (χ2v) is 8.94. The smallest absolute Gasteiger partial charge is 0.240 e. The summed E-state index contributed by atoms with van der Waals surface area (Å²) in [5, 5.41) is 15.5. The van der Waals surface area contributed by atoms with Gasteiger partial charge >= 0.3 is 0 Å². The molecule has 1 aromatic carbocycles. The van der Waals surface area contributed by atoms with Crippen LogP contribution in [0.25, 0.3) is 0 Å². The van der Waals surface area contributed by atoms with E-state index in [1.807, 2.05) is 6.92 Å². The van der Waals surface area contributed by atoms with Crippen LogP contribution in [-0.4, -0.2) is 42.2 Å². The highest BCUT2D eigenvalue weighted by Gasteiger charge is 2.27. The van der Waals surface area contributed by atoms with E-state index >= 15 is 0 Å². The zero-order valence-electron chi connectivity index (χ0n) is 14.8. The number of aliphatic hydroxyl groups excluding tert-OH is 1. The summed E-state index contributed by atoms with van der Waals surface area (Å²) in [5.74, 6) is 0.932. The Morgan fingerprint density at radius 1 is 1.30 bits per heavy atom. The molecule has 27 heavy (non-hydrogen) atoms. The summed E-state index contributed by atoms with van der Waals surface area (Å²) in [6.07, 6.45) is 4.15. The molecule has 1 fully saturated rings. The molecule has 2 aromatic rings. The van der Waals surface area contributed by atoms with Crippen LogP contribution in [0.3, 0.4) is 0 Å². The molecule has 4 N–H and O–H groups in total. The molecule has 1 aromatic heterocycles. The molecule has 1 saturated carbocycles. The maximum atomic E-state index is 12.2. The fourth-order valence-corrected chi connectivity index (χ4v) is 3.94. The Labute approximate surface area is 167 Å². The lowest BCUT2D eigenvalue weighted by molar-refractivity contribution is 0.271. The highest BCUT2D eigenvalue weighted by molar-refractivity contribution is 9.10. The highest BCUT2D eigenvalue weighted by atomic mass is 79.9. The van der Waals surface area contributed by atoms with Crippen molar-refractivity contribution in [1.29, 1.82) is 0 Å². The van der Waals surface area contributed by atoms with Crippen LogP contribution in [0.1, 0.15) is 26.2 Å². The van der Waals surface area contributed by atoms with Crippen LogP contribution in [0.5, 0.6) is 0 Å². The Bertz CT molecular complexity index is 884. The molecule has 10 heteroatoms. The monoisotopic (exact) mass is 455 g/mol. The molecule has 0 radical (unpaired) electrons. The fourth-order valence-electron chi connectivity index (χ4n) is 2.33. The van der Waals surface area contributed by atoms with E-state index in [1.165, 1.54) is 0 Å². The quantitative estimate of drug-likeness (QED) is 0.458. The van der Waals surface area contributed by atoms with Gasteiger partial charge in [0, 0.05) is 17.9 Å².